The zero-order chi connectivity index (χ0) is 13.4. The predicted octanol–water partition coefficient (Wildman–Crippen LogP) is 3.68. The maximum atomic E-state index is 2.81. The molecule has 0 aliphatic carbocycles. The summed E-state index contributed by atoms with van der Waals surface area (Å²) in [5.74, 6) is 0. The molecule has 4 heteroatoms. The van der Waals surface area contributed by atoms with Crippen molar-refractivity contribution in [2.75, 3.05) is 37.8 Å². The summed E-state index contributed by atoms with van der Waals surface area (Å²) in [5.41, 5.74) is 0. The first-order chi connectivity index (χ1) is 7.62. The SMILES string of the molecule is CCN(S(C)(C)C)S(C)(C)N1C(C)CCC1C. The van der Waals surface area contributed by atoms with Gasteiger partial charge in [0.2, 0.25) is 0 Å². The van der Waals surface area contributed by atoms with Gasteiger partial charge in [-0.3, -0.25) is 4.31 Å². The molecule has 1 aliphatic rings. The second-order valence-corrected chi connectivity index (χ2v) is 13.8. The van der Waals surface area contributed by atoms with E-state index >= 15 is 0 Å². The first-order valence-corrected chi connectivity index (χ1v) is 11.8. The van der Waals surface area contributed by atoms with Gasteiger partial charge in [-0.2, -0.15) is 10.2 Å². The normalized spacial score (nSPS) is 29.9. The van der Waals surface area contributed by atoms with E-state index in [1.165, 1.54) is 19.4 Å². The van der Waals surface area contributed by atoms with E-state index < -0.39 is 20.6 Å². The summed E-state index contributed by atoms with van der Waals surface area (Å²) in [4.78, 5) is 0. The Bertz CT molecular complexity index is 247. The third-order valence-corrected chi connectivity index (χ3v) is 10.7. The standard InChI is InChI=1S/C13H32N2S2/c1-9-14(16(4,5)6)17(7,8)15-12(2)10-11-13(15)3/h12-13H,9-11H2,1-8H3. The molecule has 2 nitrogen and oxygen atoms in total. The fourth-order valence-electron chi connectivity index (χ4n) is 3.41. The zero-order valence-electron chi connectivity index (χ0n) is 13.0. The molecule has 0 saturated carbocycles. The molecule has 1 saturated heterocycles. The van der Waals surface area contributed by atoms with Crippen LogP contribution in [0.4, 0.5) is 0 Å². The summed E-state index contributed by atoms with van der Waals surface area (Å²) in [5, 5.41) is 0. The van der Waals surface area contributed by atoms with Gasteiger partial charge in [0.25, 0.3) is 0 Å². The molecule has 0 radical (unpaired) electrons. The molecule has 0 spiro atoms. The number of rotatable bonds is 4. The predicted molar refractivity (Wildman–Crippen MR) is 87.2 cm³/mol. The molecule has 0 N–H and O–H groups in total. The van der Waals surface area contributed by atoms with Crippen LogP contribution < -0.4 is 0 Å². The van der Waals surface area contributed by atoms with Crippen LogP contribution in [0, 0.1) is 0 Å². The lowest BCUT2D eigenvalue weighted by Crippen LogP contribution is -2.43. The summed E-state index contributed by atoms with van der Waals surface area (Å²) in [6, 6.07) is 1.51. The number of nitrogens with zero attached hydrogens (tertiary/aromatic N) is 2. The molecule has 1 aliphatic heterocycles. The van der Waals surface area contributed by atoms with Gasteiger partial charge >= 0.3 is 0 Å². The molecule has 106 valence electrons. The zero-order valence-corrected chi connectivity index (χ0v) is 14.6. The van der Waals surface area contributed by atoms with Crippen LogP contribution in [0.25, 0.3) is 0 Å². The quantitative estimate of drug-likeness (QED) is 0.775. The minimum absolute atomic E-state index is 0.628. The van der Waals surface area contributed by atoms with Gasteiger partial charge in [-0.25, -0.2) is 3.71 Å². The third-order valence-electron chi connectivity index (χ3n) is 3.75. The first kappa shape index (κ1) is 15.7. The Hall–Kier alpha value is 0.620. The Morgan fingerprint density at radius 3 is 1.71 bits per heavy atom. The summed E-state index contributed by atoms with van der Waals surface area (Å²) < 4.78 is 5.60. The molecule has 0 aromatic heterocycles. The van der Waals surface area contributed by atoms with Crippen LogP contribution in [0.5, 0.6) is 0 Å². The van der Waals surface area contributed by atoms with Crippen LogP contribution in [0.1, 0.15) is 33.6 Å². The van der Waals surface area contributed by atoms with E-state index in [1.807, 2.05) is 0 Å². The molecule has 0 bridgehead atoms. The van der Waals surface area contributed by atoms with Crippen molar-refractivity contribution >= 4 is 20.6 Å². The fraction of sp³-hybridized carbons (Fsp3) is 1.00. The van der Waals surface area contributed by atoms with E-state index in [2.05, 4.69) is 60.1 Å². The Balaban J connectivity index is 2.99. The minimum atomic E-state index is -0.803. The molecular formula is C13H32N2S2. The lowest BCUT2D eigenvalue weighted by Gasteiger charge is -2.58. The Morgan fingerprint density at radius 2 is 1.41 bits per heavy atom. The second kappa shape index (κ2) is 5.32. The van der Waals surface area contributed by atoms with E-state index in [1.54, 1.807) is 0 Å². The van der Waals surface area contributed by atoms with Crippen LogP contribution >= 0.6 is 20.6 Å². The summed E-state index contributed by atoms with van der Waals surface area (Å²) in [6.45, 7) is 8.31. The topological polar surface area (TPSA) is 6.48 Å². The van der Waals surface area contributed by atoms with Gasteiger partial charge in [-0.15, -0.1) is 10.4 Å². The lowest BCUT2D eigenvalue weighted by atomic mass is 10.2. The molecule has 1 fully saturated rings. The van der Waals surface area contributed by atoms with Gasteiger partial charge in [-0.1, -0.05) is 6.92 Å². The average molecular weight is 281 g/mol. The molecule has 0 aromatic rings. The Labute approximate surface area is 112 Å². The van der Waals surface area contributed by atoms with Crippen LogP contribution in [-0.4, -0.2) is 57.9 Å². The second-order valence-electron chi connectivity index (χ2n) is 6.28. The molecule has 2 unspecified atom stereocenters. The Morgan fingerprint density at radius 1 is 1.00 bits per heavy atom. The van der Waals surface area contributed by atoms with Gasteiger partial charge in [0.15, 0.2) is 0 Å². The van der Waals surface area contributed by atoms with Crippen LogP contribution in [0.3, 0.4) is 0 Å². The van der Waals surface area contributed by atoms with Crippen molar-refractivity contribution in [3.05, 3.63) is 0 Å². The smallest absolute Gasteiger partial charge is 0.0174 e. The van der Waals surface area contributed by atoms with E-state index in [4.69, 9.17) is 0 Å². The first-order valence-electron chi connectivity index (χ1n) is 6.60. The highest BCUT2D eigenvalue weighted by atomic mass is 32.3. The van der Waals surface area contributed by atoms with Crippen molar-refractivity contribution in [2.45, 2.75) is 45.7 Å². The maximum Gasteiger partial charge on any atom is 0.0174 e. The number of hydrogen-bond acceptors (Lipinski definition) is 2. The van der Waals surface area contributed by atoms with Gasteiger partial charge < -0.3 is 0 Å². The van der Waals surface area contributed by atoms with Crippen LogP contribution in [0.15, 0.2) is 0 Å². The fourth-order valence-corrected chi connectivity index (χ4v) is 11.6. The monoisotopic (exact) mass is 280 g/mol. The van der Waals surface area contributed by atoms with Gasteiger partial charge in [0.05, 0.1) is 0 Å². The minimum Gasteiger partial charge on any atom is -0.250 e. The highest BCUT2D eigenvalue weighted by Gasteiger charge is 2.40. The molecule has 17 heavy (non-hydrogen) atoms. The van der Waals surface area contributed by atoms with E-state index in [0.29, 0.717) is 0 Å². The summed E-state index contributed by atoms with van der Waals surface area (Å²) >= 11 is 0. The summed E-state index contributed by atoms with van der Waals surface area (Å²) in [6.07, 6.45) is 15.0. The van der Waals surface area contributed by atoms with Crippen LogP contribution in [-0.2, 0) is 0 Å². The van der Waals surface area contributed by atoms with Crippen molar-refractivity contribution in [1.29, 1.82) is 0 Å². The third kappa shape index (κ3) is 3.14. The average Bonchev–Trinajstić information content (AvgIpc) is 2.44. The molecule has 0 amide bonds. The van der Waals surface area contributed by atoms with E-state index in [0.717, 1.165) is 12.1 Å². The molecule has 2 atom stereocenters. The van der Waals surface area contributed by atoms with E-state index in [9.17, 15) is 0 Å². The highest BCUT2D eigenvalue weighted by molar-refractivity contribution is 8.43. The van der Waals surface area contributed by atoms with E-state index in [-0.39, 0.29) is 0 Å². The van der Waals surface area contributed by atoms with Crippen molar-refractivity contribution in [1.82, 2.24) is 8.02 Å². The molecule has 1 rings (SSSR count). The van der Waals surface area contributed by atoms with Crippen molar-refractivity contribution in [3.8, 4) is 0 Å². The van der Waals surface area contributed by atoms with Gasteiger partial charge in [-0.05, 0) is 58.0 Å². The lowest BCUT2D eigenvalue weighted by molar-refractivity contribution is 0.372. The molecule has 0 aromatic carbocycles. The summed E-state index contributed by atoms with van der Waals surface area (Å²) in [7, 11) is -1.43. The molecular weight excluding hydrogens is 248 g/mol. The van der Waals surface area contributed by atoms with Gasteiger partial charge in [0.1, 0.15) is 0 Å². The van der Waals surface area contributed by atoms with Crippen molar-refractivity contribution < 1.29 is 0 Å². The van der Waals surface area contributed by atoms with Crippen LogP contribution in [0.2, 0.25) is 0 Å². The Kier molecular flexibility index (Phi) is 4.90. The van der Waals surface area contributed by atoms with Crippen molar-refractivity contribution in [3.63, 3.8) is 0 Å². The molecule has 1 heterocycles. The van der Waals surface area contributed by atoms with Crippen molar-refractivity contribution in [2.24, 2.45) is 0 Å². The highest BCUT2D eigenvalue weighted by Crippen LogP contribution is 2.63. The largest absolute Gasteiger partial charge is 0.250 e. The maximum absolute atomic E-state index is 2.81. The van der Waals surface area contributed by atoms with Gasteiger partial charge in [0, 0.05) is 18.6 Å². The number of hydrogen-bond donors (Lipinski definition) is 0.